The van der Waals surface area contributed by atoms with Crippen LogP contribution in [0.4, 0.5) is 8.78 Å². The number of carbonyl (C=O) groups is 1. The van der Waals surface area contributed by atoms with E-state index in [0.717, 1.165) is 6.04 Å². The maximum atomic E-state index is 13.1. The van der Waals surface area contributed by atoms with Crippen LogP contribution < -0.4 is 10.2 Å². The number of para-hydroxylation sites is 1. The number of imidazole rings is 1. The number of nitriles is 1. The molecule has 40 heavy (non-hydrogen) atoms. The zero-order valence-corrected chi connectivity index (χ0v) is 23.4. The van der Waals surface area contributed by atoms with Crippen molar-refractivity contribution in [3.05, 3.63) is 69.8 Å². The molecule has 2 aromatic heterocycles. The normalized spacial score (nSPS) is 11.4. The molecule has 0 saturated heterocycles. The van der Waals surface area contributed by atoms with E-state index in [0.29, 0.717) is 34.4 Å². The Labute approximate surface area is 231 Å². The van der Waals surface area contributed by atoms with Crippen LogP contribution in [0, 0.1) is 11.3 Å². The topological polar surface area (TPSA) is 108 Å². The summed E-state index contributed by atoms with van der Waals surface area (Å²) in [7, 11) is -0.498. The monoisotopic (exact) mass is 567 g/mol. The highest BCUT2D eigenvalue weighted by Crippen LogP contribution is 2.28. The molecule has 2 aromatic carbocycles. The number of aromatic nitrogens is 3. The van der Waals surface area contributed by atoms with Gasteiger partial charge in [0, 0.05) is 33.1 Å². The Balaban J connectivity index is 1.84. The summed E-state index contributed by atoms with van der Waals surface area (Å²) < 4.78 is 45.4. The van der Waals surface area contributed by atoms with E-state index in [1.165, 1.54) is 12.3 Å². The van der Waals surface area contributed by atoms with Gasteiger partial charge < -0.3 is 23.3 Å². The van der Waals surface area contributed by atoms with Crippen LogP contribution in [0.25, 0.3) is 21.9 Å². The Morgan fingerprint density at radius 2 is 1.98 bits per heavy atom. The fourth-order valence-corrected chi connectivity index (χ4v) is 4.79. The summed E-state index contributed by atoms with van der Waals surface area (Å²) in [6, 6.07) is 12.9. The molecule has 0 aliphatic heterocycles. The van der Waals surface area contributed by atoms with E-state index < -0.39 is 33.2 Å². The van der Waals surface area contributed by atoms with Gasteiger partial charge >= 0.3 is 5.97 Å². The number of carbonyl (C=O) groups excluding carboxylic acids is 1. The van der Waals surface area contributed by atoms with Crippen molar-refractivity contribution in [2.45, 2.75) is 45.8 Å². The molecule has 0 aliphatic carbocycles. The molecule has 9 nitrogen and oxygen atoms in total. The number of hydrogen-bond acceptors (Lipinski definition) is 7. The summed E-state index contributed by atoms with van der Waals surface area (Å²) >= 11 is 0. The number of benzene rings is 2. The van der Waals surface area contributed by atoms with E-state index in [1.807, 2.05) is 6.07 Å². The lowest BCUT2D eigenvalue weighted by molar-refractivity contribution is 0.0524. The number of fused-ring (bicyclic) bond motifs is 2. The van der Waals surface area contributed by atoms with Gasteiger partial charge in [-0.2, -0.15) is 5.26 Å². The molecule has 0 amide bonds. The number of esters is 1. The molecule has 2 heterocycles. The van der Waals surface area contributed by atoms with Crippen LogP contribution in [0.1, 0.15) is 28.7 Å². The Bertz CT molecular complexity index is 1630. The third kappa shape index (κ3) is 6.38. The first-order valence-electron chi connectivity index (χ1n) is 12.7. The van der Waals surface area contributed by atoms with Gasteiger partial charge in [0.25, 0.3) is 6.43 Å². The standard InChI is InChI=1S/C28H29F2N4O5Si/c1-4-38-28(36)20-14-33(22-8-6-5-7-19(22)27(20)35)15-26-32-21-12-24(39-16-25(29)30)18(13-31)11-23(21)34(26)17-37-9-10-40(2)3/h5-8,11-12,14,25H,4,9-10,15-17H2,1-3H3. The molecule has 1 radical (unpaired) electrons. The van der Waals surface area contributed by atoms with Crippen LogP contribution in [-0.4, -0.2) is 55.1 Å². The van der Waals surface area contributed by atoms with Crippen molar-refractivity contribution in [3.63, 3.8) is 0 Å². The van der Waals surface area contributed by atoms with Crippen molar-refractivity contribution in [2.75, 3.05) is 19.8 Å². The average Bonchev–Trinajstić information content (AvgIpc) is 3.26. The van der Waals surface area contributed by atoms with Gasteiger partial charge in [-0.25, -0.2) is 18.6 Å². The molecule has 209 valence electrons. The zero-order valence-electron chi connectivity index (χ0n) is 22.4. The third-order valence-corrected chi connectivity index (χ3v) is 7.38. The minimum atomic E-state index is -2.70. The van der Waals surface area contributed by atoms with Crippen molar-refractivity contribution in [1.29, 1.82) is 5.26 Å². The molecular weight excluding hydrogens is 538 g/mol. The number of ether oxygens (including phenoxy) is 3. The van der Waals surface area contributed by atoms with Crippen LogP contribution in [0.3, 0.4) is 0 Å². The van der Waals surface area contributed by atoms with Crippen LogP contribution in [0.15, 0.2) is 47.4 Å². The molecule has 4 aromatic rings. The first kappa shape index (κ1) is 28.9. The molecule has 4 rings (SSSR count). The summed E-state index contributed by atoms with van der Waals surface area (Å²) in [5.41, 5.74) is 1.13. The minimum absolute atomic E-state index is 0.00929. The van der Waals surface area contributed by atoms with Crippen molar-refractivity contribution in [3.8, 4) is 11.8 Å². The smallest absolute Gasteiger partial charge is 0.343 e. The van der Waals surface area contributed by atoms with Crippen LogP contribution in [-0.2, 0) is 22.7 Å². The number of pyridine rings is 1. The molecule has 0 spiro atoms. The van der Waals surface area contributed by atoms with Gasteiger partial charge in [0.1, 0.15) is 36.5 Å². The molecule has 0 N–H and O–H groups in total. The number of nitrogens with zero attached hydrogens (tertiary/aromatic N) is 4. The minimum Gasteiger partial charge on any atom is -0.486 e. The van der Waals surface area contributed by atoms with Crippen LogP contribution in [0.5, 0.6) is 5.75 Å². The molecule has 0 unspecified atom stereocenters. The van der Waals surface area contributed by atoms with Gasteiger partial charge in [-0.3, -0.25) is 4.79 Å². The Morgan fingerprint density at radius 1 is 1.20 bits per heavy atom. The van der Waals surface area contributed by atoms with Crippen molar-refractivity contribution < 1.29 is 27.8 Å². The maximum absolute atomic E-state index is 13.1. The zero-order chi connectivity index (χ0) is 28.8. The highest BCUT2D eigenvalue weighted by molar-refractivity contribution is 6.55. The van der Waals surface area contributed by atoms with Crippen molar-refractivity contribution >= 4 is 36.7 Å². The fourth-order valence-electron chi connectivity index (χ4n) is 4.24. The third-order valence-electron chi connectivity index (χ3n) is 6.18. The predicted octanol–water partition coefficient (Wildman–Crippen LogP) is 4.82. The number of hydrogen-bond donors (Lipinski definition) is 0. The number of halogens is 2. The summed E-state index contributed by atoms with van der Waals surface area (Å²) in [5, 5.41) is 10.0. The first-order valence-corrected chi connectivity index (χ1v) is 15.4. The van der Waals surface area contributed by atoms with Gasteiger partial charge in [0.05, 0.1) is 35.3 Å². The second-order valence-electron chi connectivity index (χ2n) is 9.34. The maximum Gasteiger partial charge on any atom is 0.343 e. The molecule has 0 fully saturated rings. The van der Waals surface area contributed by atoms with Gasteiger partial charge in [0.15, 0.2) is 0 Å². The summed E-state index contributed by atoms with van der Waals surface area (Å²) in [6.07, 6.45) is -1.25. The van der Waals surface area contributed by atoms with E-state index in [4.69, 9.17) is 19.2 Å². The molecule has 0 atom stereocenters. The lowest BCUT2D eigenvalue weighted by atomic mass is 10.1. The SMILES string of the molecule is CCOC(=O)c1cn(Cc2nc3cc(OCC(F)F)c(C#N)cc3n2COCC[Si](C)C)c2ccccc2c1=O. The van der Waals surface area contributed by atoms with E-state index in [-0.39, 0.29) is 36.8 Å². The first-order chi connectivity index (χ1) is 19.2. The second-order valence-corrected chi connectivity index (χ2v) is 12.3. The summed E-state index contributed by atoms with van der Waals surface area (Å²) in [6.45, 7) is 6.11. The largest absolute Gasteiger partial charge is 0.486 e. The van der Waals surface area contributed by atoms with E-state index in [1.54, 1.807) is 46.4 Å². The molecule has 0 saturated carbocycles. The van der Waals surface area contributed by atoms with Gasteiger partial charge in [-0.15, -0.1) is 0 Å². The van der Waals surface area contributed by atoms with E-state index in [2.05, 4.69) is 13.1 Å². The second kappa shape index (κ2) is 12.8. The van der Waals surface area contributed by atoms with Crippen LogP contribution in [0.2, 0.25) is 19.1 Å². The lowest BCUT2D eigenvalue weighted by Crippen LogP contribution is -2.22. The Hall–Kier alpha value is -4.08. The number of alkyl halides is 2. The predicted molar refractivity (Wildman–Crippen MR) is 147 cm³/mol. The van der Waals surface area contributed by atoms with E-state index in [9.17, 15) is 23.6 Å². The molecule has 0 aliphatic rings. The van der Waals surface area contributed by atoms with Gasteiger partial charge in [-0.1, -0.05) is 25.2 Å². The lowest BCUT2D eigenvalue weighted by Gasteiger charge is -2.15. The summed E-state index contributed by atoms with van der Waals surface area (Å²) in [4.78, 5) is 30.4. The van der Waals surface area contributed by atoms with Gasteiger partial charge in [-0.05, 0) is 31.2 Å². The average molecular weight is 568 g/mol. The fraction of sp³-hybridized carbons (Fsp3) is 0.357. The van der Waals surface area contributed by atoms with Gasteiger partial charge in [0.2, 0.25) is 5.43 Å². The molecule has 0 bridgehead atoms. The Morgan fingerprint density at radius 3 is 2.67 bits per heavy atom. The van der Waals surface area contributed by atoms with Crippen LogP contribution >= 0.6 is 0 Å². The molecule has 12 heteroatoms. The number of rotatable bonds is 12. The molecular formula is C28H29F2N4O5Si. The van der Waals surface area contributed by atoms with Crippen molar-refractivity contribution in [2.24, 2.45) is 0 Å². The highest BCUT2D eigenvalue weighted by atomic mass is 28.3. The highest BCUT2D eigenvalue weighted by Gasteiger charge is 2.20. The van der Waals surface area contributed by atoms with Crippen molar-refractivity contribution in [1.82, 2.24) is 14.1 Å². The Kier molecular flexibility index (Phi) is 9.29. The summed E-state index contributed by atoms with van der Waals surface area (Å²) in [5.74, 6) is -0.206. The van der Waals surface area contributed by atoms with E-state index >= 15 is 0 Å². The quantitative estimate of drug-likeness (QED) is 0.137.